The lowest BCUT2D eigenvalue weighted by Crippen LogP contribution is -2.36. The number of carbonyl (C=O) groups is 1. The van der Waals surface area contributed by atoms with Crippen LogP contribution >= 0.6 is 0 Å². The Hall–Kier alpha value is -2.50. The van der Waals surface area contributed by atoms with E-state index in [1.165, 1.54) is 0 Å². The zero-order valence-electron chi connectivity index (χ0n) is 11.2. The average molecular weight is 274 g/mol. The molecule has 1 aliphatic heterocycles. The second-order valence-corrected chi connectivity index (χ2v) is 4.69. The molecule has 0 radical (unpaired) electrons. The highest BCUT2D eigenvalue weighted by molar-refractivity contribution is 5.95. The van der Waals surface area contributed by atoms with E-state index >= 15 is 0 Å². The van der Waals surface area contributed by atoms with Crippen LogP contribution < -0.4 is 14.4 Å². The van der Waals surface area contributed by atoms with Crippen LogP contribution in [0.1, 0.15) is 6.92 Å². The summed E-state index contributed by atoms with van der Waals surface area (Å²) in [5.74, 6) is 1.06. The molecule has 6 heteroatoms. The van der Waals surface area contributed by atoms with Crippen molar-refractivity contribution in [1.82, 2.24) is 4.98 Å². The van der Waals surface area contributed by atoms with Crippen LogP contribution in [0.25, 0.3) is 10.8 Å². The fourth-order valence-electron chi connectivity index (χ4n) is 2.18. The van der Waals surface area contributed by atoms with Crippen LogP contribution in [-0.4, -0.2) is 35.9 Å². The van der Waals surface area contributed by atoms with Gasteiger partial charge in [0.1, 0.15) is 11.9 Å². The van der Waals surface area contributed by atoms with E-state index in [1.807, 2.05) is 18.2 Å². The first-order valence-corrected chi connectivity index (χ1v) is 6.22. The summed E-state index contributed by atoms with van der Waals surface area (Å²) >= 11 is 0. The third kappa shape index (κ3) is 1.89. The molecule has 1 atom stereocenters. The number of hydrogen-bond donors (Lipinski definition) is 1. The van der Waals surface area contributed by atoms with Gasteiger partial charge in [-0.25, -0.2) is 9.78 Å². The van der Waals surface area contributed by atoms with E-state index in [4.69, 9.17) is 14.6 Å². The fraction of sp³-hybridized carbons (Fsp3) is 0.286. The highest BCUT2D eigenvalue weighted by Gasteiger charge is 2.22. The van der Waals surface area contributed by atoms with Gasteiger partial charge in [0.25, 0.3) is 0 Å². The van der Waals surface area contributed by atoms with Gasteiger partial charge in [0, 0.05) is 18.6 Å². The van der Waals surface area contributed by atoms with E-state index in [-0.39, 0.29) is 6.79 Å². The van der Waals surface area contributed by atoms with Crippen molar-refractivity contribution in [3.63, 3.8) is 0 Å². The Bertz CT molecular complexity index is 686. The summed E-state index contributed by atoms with van der Waals surface area (Å²) in [7, 11) is 1.71. The first kappa shape index (κ1) is 12.5. The molecule has 0 fully saturated rings. The maximum atomic E-state index is 11.1. The van der Waals surface area contributed by atoms with E-state index < -0.39 is 12.0 Å². The Labute approximate surface area is 115 Å². The molecule has 0 bridgehead atoms. The minimum atomic E-state index is -0.896. The van der Waals surface area contributed by atoms with Gasteiger partial charge < -0.3 is 19.5 Å². The largest absolute Gasteiger partial charge is 0.480 e. The van der Waals surface area contributed by atoms with Crippen LogP contribution in [0.2, 0.25) is 0 Å². The summed E-state index contributed by atoms with van der Waals surface area (Å²) in [4.78, 5) is 17.1. The summed E-state index contributed by atoms with van der Waals surface area (Å²) in [6.45, 7) is 1.83. The van der Waals surface area contributed by atoms with E-state index in [2.05, 4.69) is 4.98 Å². The summed E-state index contributed by atoms with van der Waals surface area (Å²) in [6.07, 6.45) is 1.66. The number of aliphatic carboxylic acids is 1. The van der Waals surface area contributed by atoms with Crippen LogP contribution in [0.4, 0.5) is 5.82 Å². The Morgan fingerprint density at radius 3 is 2.80 bits per heavy atom. The van der Waals surface area contributed by atoms with Gasteiger partial charge in [0.15, 0.2) is 11.5 Å². The highest BCUT2D eigenvalue weighted by Crippen LogP contribution is 2.38. The number of carboxylic acids is 1. The van der Waals surface area contributed by atoms with Crippen LogP contribution in [0.3, 0.4) is 0 Å². The molecule has 2 aromatic rings. The number of likely N-dealkylation sites (N-methyl/N-ethyl adjacent to an activating group) is 1. The van der Waals surface area contributed by atoms with Gasteiger partial charge >= 0.3 is 5.97 Å². The smallest absolute Gasteiger partial charge is 0.326 e. The van der Waals surface area contributed by atoms with E-state index in [0.29, 0.717) is 17.3 Å². The predicted molar refractivity (Wildman–Crippen MR) is 73.4 cm³/mol. The molecule has 0 aliphatic carbocycles. The molecule has 0 saturated heterocycles. The molecule has 20 heavy (non-hydrogen) atoms. The Morgan fingerprint density at radius 1 is 1.40 bits per heavy atom. The first-order valence-electron chi connectivity index (χ1n) is 6.22. The average Bonchev–Trinajstić information content (AvgIpc) is 2.89. The molecule has 6 nitrogen and oxygen atoms in total. The summed E-state index contributed by atoms with van der Waals surface area (Å²) in [5.41, 5.74) is 0. The molecular formula is C14H14N2O4. The van der Waals surface area contributed by atoms with Gasteiger partial charge in [-0.05, 0) is 30.5 Å². The number of carboxylic acid groups (broad SMARTS) is 1. The molecule has 104 valence electrons. The van der Waals surface area contributed by atoms with E-state index in [9.17, 15) is 4.79 Å². The molecule has 3 rings (SSSR count). The molecule has 1 unspecified atom stereocenters. The molecule has 0 saturated carbocycles. The van der Waals surface area contributed by atoms with Crippen LogP contribution in [-0.2, 0) is 4.79 Å². The molecular weight excluding hydrogens is 260 g/mol. The molecule has 0 spiro atoms. The number of anilines is 1. The van der Waals surface area contributed by atoms with Gasteiger partial charge in [-0.3, -0.25) is 0 Å². The number of rotatable bonds is 3. The number of hydrogen-bond acceptors (Lipinski definition) is 5. The predicted octanol–water partition coefficient (Wildman–Crippen LogP) is 1.87. The zero-order chi connectivity index (χ0) is 14.3. The highest BCUT2D eigenvalue weighted by atomic mass is 16.7. The van der Waals surface area contributed by atoms with Crippen molar-refractivity contribution in [3.05, 3.63) is 24.4 Å². The van der Waals surface area contributed by atoms with Crippen molar-refractivity contribution in [3.8, 4) is 11.5 Å². The zero-order valence-corrected chi connectivity index (χ0v) is 11.2. The third-order valence-corrected chi connectivity index (χ3v) is 3.51. The van der Waals surface area contributed by atoms with Gasteiger partial charge in [-0.1, -0.05) is 0 Å². The number of fused-ring (bicyclic) bond motifs is 2. The van der Waals surface area contributed by atoms with Crippen molar-refractivity contribution in [2.75, 3.05) is 18.7 Å². The van der Waals surface area contributed by atoms with Crippen molar-refractivity contribution < 1.29 is 19.4 Å². The van der Waals surface area contributed by atoms with Crippen molar-refractivity contribution in [2.45, 2.75) is 13.0 Å². The minimum Gasteiger partial charge on any atom is -0.480 e. The summed E-state index contributed by atoms with van der Waals surface area (Å²) in [6, 6.07) is 4.91. The lowest BCUT2D eigenvalue weighted by atomic mass is 10.1. The monoisotopic (exact) mass is 274 g/mol. The van der Waals surface area contributed by atoms with Crippen LogP contribution in [0.15, 0.2) is 24.4 Å². The van der Waals surface area contributed by atoms with Crippen molar-refractivity contribution in [2.24, 2.45) is 0 Å². The molecule has 0 amide bonds. The lowest BCUT2D eigenvalue weighted by molar-refractivity contribution is -0.138. The fourth-order valence-corrected chi connectivity index (χ4v) is 2.18. The van der Waals surface area contributed by atoms with Gasteiger partial charge in [-0.2, -0.15) is 0 Å². The SMILES string of the molecule is CC(C(=O)O)N(C)c1nccc2cc3c(cc12)OCO3. The number of nitrogens with zero attached hydrogens (tertiary/aromatic N) is 2. The maximum Gasteiger partial charge on any atom is 0.326 e. The Kier molecular flexibility index (Phi) is 2.85. The first-order chi connectivity index (χ1) is 9.58. The Balaban J connectivity index is 2.14. The molecule has 1 aliphatic rings. The molecule has 2 heterocycles. The maximum absolute atomic E-state index is 11.1. The van der Waals surface area contributed by atoms with Crippen molar-refractivity contribution in [1.29, 1.82) is 0 Å². The number of ether oxygens (including phenoxy) is 2. The van der Waals surface area contributed by atoms with Crippen LogP contribution in [0.5, 0.6) is 11.5 Å². The quantitative estimate of drug-likeness (QED) is 0.921. The second kappa shape index (κ2) is 4.56. The Morgan fingerprint density at radius 2 is 2.10 bits per heavy atom. The summed E-state index contributed by atoms with van der Waals surface area (Å²) in [5, 5.41) is 10.9. The van der Waals surface area contributed by atoms with Crippen molar-refractivity contribution >= 4 is 22.6 Å². The van der Waals surface area contributed by atoms with E-state index in [1.54, 1.807) is 25.1 Å². The molecule has 1 N–H and O–H groups in total. The van der Waals surface area contributed by atoms with Gasteiger partial charge in [0.2, 0.25) is 6.79 Å². The van der Waals surface area contributed by atoms with E-state index in [0.717, 1.165) is 10.8 Å². The number of benzene rings is 1. The topological polar surface area (TPSA) is 71.9 Å². The normalized spacial score (nSPS) is 14.3. The second-order valence-electron chi connectivity index (χ2n) is 4.69. The van der Waals surface area contributed by atoms with Gasteiger partial charge in [0.05, 0.1) is 0 Å². The number of aromatic nitrogens is 1. The van der Waals surface area contributed by atoms with Gasteiger partial charge in [-0.15, -0.1) is 0 Å². The minimum absolute atomic E-state index is 0.204. The third-order valence-electron chi connectivity index (χ3n) is 3.51. The molecule has 1 aromatic carbocycles. The number of pyridine rings is 1. The van der Waals surface area contributed by atoms with Crippen LogP contribution in [0, 0.1) is 0 Å². The summed E-state index contributed by atoms with van der Waals surface area (Å²) < 4.78 is 10.7. The standard InChI is InChI=1S/C14H14N2O4/c1-8(14(17)18)16(2)13-10-6-12-11(19-7-20-12)5-9(10)3-4-15-13/h3-6,8H,7H2,1-2H3,(H,17,18). The lowest BCUT2D eigenvalue weighted by Gasteiger charge is -2.23. The molecule has 1 aromatic heterocycles.